The molecule has 0 saturated heterocycles. The maximum atomic E-state index is 13.1. The van der Waals surface area contributed by atoms with E-state index in [9.17, 15) is 23.3 Å². The van der Waals surface area contributed by atoms with Crippen LogP contribution in [-0.2, 0) is 14.8 Å². The minimum absolute atomic E-state index is 0.256. The second-order valence-corrected chi connectivity index (χ2v) is 11.2. The molecule has 4 aromatic rings. The summed E-state index contributed by atoms with van der Waals surface area (Å²) in [4.78, 5) is 27.5. The largest absolute Gasteiger partial charge is 0.272 e. The van der Waals surface area contributed by atoms with Crippen LogP contribution in [0, 0.1) is 10.1 Å². The van der Waals surface area contributed by atoms with Crippen molar-refractivity contribution < 1.29 is 18.1 Å². The van der Waals surface area contributed by atoms with Gasteiger partial charge in [-0.15, -0.1) is 11.3 Å². The monoisotopic (exact) mass is 519 g/mol. The van der Waals surface area contributed by atoms with E-state index >= 15 is 0 Å². The number of nitro benzene ring substituents is 1. The van der Waals surface area contributed by atoms with E-state index in [-0.39, 0.29) is 10.6 Å². The molecule has 3 aromatic carbocycles. The van der Waals surface area contributed by atoms with Crippen LogP contribution in [0.4, 0.5) is 5.69 Å². The normalized spacial score (nSPS) is 12.4. The third-order valence-corrected chi connectivity index (χ3v) is 8.46. The molecule has 0 spiro atoms. The highest BCUT2D eigenvalue weighted by Gasteiger charge is 2.28. The quantitative estimate of drug-likeness (QED) is 0.202. The van der Waals surface area contributed by atoms with Crippen molar-refractivity contribution in [1.29, 1.82) is 0 Å². The molecular weight excluding hydrogens is 506 g/mol. The predicted octanol–water partition coefficient (Wildman–Crippen LogP) is 5.20. The summed E-state index contributed by atoms with van der Waals surface area (Å²) in [6.45, 7) is 0. The van der Waals surface area contributed by atoms with Gasteiger partial charge in [-0.05, 0) is 35.9 Å². The van der Waals surface area contributed by atoms with Crippen molar-refractivity contribution in [2.75, 3.05) is 0 Å². The molecule has 1 unspecified atom stereocenters. The number of halogens is 1. The number of rotatable bonds is 7. The molecule has 12 heteroatoms. The zero-order valence-corrected chi connectivity index (χ0v) is 19.7. The number of hydrogen-bond acceptors (Lipinski definition) is 8. The molecule has 1 N–H and O–H groups in total. The number of nitro groups is 1. The van der Waals surface area contributed by atoms with Crippen LogP contribution in [0.5, 0.6) is 0 Å². The number of carbonyl (C=O) groups excluding carboxylic acids is 1. The Labute approximate surface area is 201 Å². The van der Waals surface area contributed by atoms with E-state index < -0.39 is 26.1 Å². The van der Waals surface area contributed by atoms with Crippen molar-refractivity contribution in [1.82, 2.24) is 9.71 Å². The molecule has 0 fully saturated rings. The van der Waals surface area contributed by atoms with Crippen molar-refractivity contribution in [2.45, 2.75) is 14.5 Å². The van der Waals surface area contributed by atoms with E-state index in [2.05, 4.69) is 9.71 Å². The summed E-state index contributed by atoms with van der Waals surface area (Å²) in [5.74, 6) is -0.762. The van der Waals surface area contributed by atoms with E-state index in [1.54, 1.807) is 42.5 Å². The Morgan fingerprint density at radius 1 is 1.09 bits per heavy atom. The highest BCUT2D eigenvalue weighted by Crippen LogP contribution is 2.40. The van der Waals surface area contributed by atoms with E-state index in [0.29, 0.717) is 20.4 Å². The Hall–Kier alpha value is -2.99. The molecule has 0 aliphatic rings. The average molecular weight is 520 g/mol. The smallest absolute Gasteiger partial charge is 0.269 e. The number of non-ortho nitro benzene ring substituents is 1. The second-order valence-electron chi connectivity index (χ2n) is 6.72. The number of nitrogens with zero attached hydrogens (tertiary/aromatic N) is 2. The predicted molar refractivity (Wildman–Crippen MR) is 128 cm³/mol. The molecule has 168 valence electrons. The third kappa shape index (κ3) is 5.33. The molecule has 0 aliphatic heterocycles. The van der Waals surface area contributed by atoms with Gasteiger partial charge in [0.2, 0.25) is 0 Å². The number of benzene rings is 3. The van der Waals surface area contributed by atoms with Crippen LogP contribution in [0.1, 0.15) is 10.8 Å². The number of amides is 1. The zero-order chi connectivity index (χ0) is 23.6. The van der Waals surface area contributed by atoms with Crippen LogP contribution >= 0.6 is 34.7 Å². The van der Waals surface area contributed by atoms with Gasteiger partial charge in [0.05, 0.1) is 20.0 Å². The van der Waals surface area contributed by atoms with Crippen LogP contribution < -0.4 is 4.72 Å². The summed E-state index contributed by atoms with van der Waals surface area (Å²) in [6, 6.07) is 18.3. The molecule has 33 heavy (non-hydrogen) atoms. The fourth-order valence-corrected chi connectivity index (χ4v) is 6.40. The molecule has 1 heterocycles. The van der Waals surface area contributed by atoms with Gasteiger partial charge >= 0.3 is 0 Å². The van der Waals surface area contributed by atoms with Crippen LogP contribution in [-0.4, -0.2) is 24.2 Å². The van der Waals surface area contributed by atoms with Gasteiger partial charge in [-0.1, -0.05) is 53.7 Å². The van der Waals surface area contributed by atoms with E-state index in [1.807, 2.05) is 6.07 Å². The minimum atomic E-state index is -4.25. The number of carbonyl (C=O) groups is 1. The van der Waals surface area contributed by atoms with Gasteiger partial charge in [-0.3, -0.25) is 14.9 Å². The minimum Gasteiger partial charge on any atom is -0.272 e. The van der Waals surface area contributed by atoms with Crippen molar-refractivity contribution in [2.24, 2.45) is 0 Å². The first kappa shape index (κ1) is 23.2. The highest BCUT2D eigenvalue weighted by molar-refractivity contribution is 8.02. The molecule has 0 saturated carbocycles. The van der Waals surface area contributed by atoms with E-state index in [4.69, 9.17) is 11.6 Å². The summed E-state index contributed by atoms with van der Waals surface area (Å²) >= 11 is 8.51. The first-order valence-corrected chi connectivity index (χ1v) is 12.9. The highest BCUT2D eigenvalue weighted by atomic mass is 35.5. The number of aromatic nitrogens is 1. The van der Waals surface area contributed by atoms with E-state index in [1.165, 1.54) is 11.3 Å². The van der Waals surface area contributed by atoms with Crippen LogP contribution in [0.25, 0.3) is 10.2 Å². The maximum absolute atomic E-state index is 13.1. The molecule has 0 bridgehead atoms. The van der Waals surface area contributed by atoms with Crippen molar-refractivity contribution in [3.63, 3.8) is 0 Å². The van der Waals surface area contributed by atoms with Crippen molar-refractivity contribution in [3.8, 4) is 0 Å². The molecule has 8 nitrogen and oxygen atoms in total. The van der Waals surface area contributed by atoms with Crippen LogP contribution in [0.15, 0.2) is 82.0 Å². The SMILES string of the molecule is O=C(NS(=O)(=O)c1ccc([N+](=O)[O-])cc1)C(Sc1nc2cc(Cl)ccc2s1)c1ccccc1. The summed E-state index contributed by atoms with van der Waals surface area (Å²) in [5.41, 5.74) is 1.02. The lowest BCUT2D eigenvalue weighted by molar-refractivity contribution is -0.384. The number of fused-ring (bicyclic) bond motifs is 1. The molecule has 0 radical (unpaired) electrons. The Morgan fingerprint density at radius 2 is 1.79 bits per heavy atom. The Balaban J connectivity index is 1.62. The number of thiazole rings is 1. The molecule has 1 amide bonds. The average Bonchev–Trinajstić information content (AvgIpc) is 3.19. The Kier molecular flexibility index (Phi) is 6.66. The number of sulfonamides is 1. The van der Waals surface area contributed by atoms with Gasteiger partial charge < -0.3 is 0 Å². The zero-order valence-electron chi connectivity index (χ0n) is 16.5. The third-order valence-electron chi connectivity index (χ3n) is 4.48. The van der Waals surface area contributed by atoms with Gasteiger partial charge in [-0.25, -0.2) is 18.1 Å². The molecule has 0 aliphatic carbocycles. The fraction of sp³-hybridized carbons (Fsp3) is 0.0476. The summed E-state index contributed by atoms with van der Waals surface area (Å²) in [7, 11) is -4.25. The van der Waals surface area contributed by atoms with Gasteiger partial charge in [0.15, 0.2) is 4.34 Å². The summed E-state index contributed by atoms with van der Waals surface area (Å²) in [5, 5.41) is 10.4. The Bertz CT molecular complexity index is 1440. The number of hydrogen-bond donors (Lipinski definition) is 1. The first-order chi connectivity index (χ1) is 15.7. The van der Waals surface area contributed by atoms with E-state index in [0.717, 1.165) is 40.7 Å². The molecule has 4 rings (SSSR count). The van der Waals surface area contributed by atoms with Crippen LogP contribution in [0.3, 0.4) is 0 Å². The molecule has 1 aromatic heterocycles. The van der Waals surface area contributed by atoms with Crippen LogP contribution in [0.2, 0.25) is 5.02 Å². The summed E-state index contributed by atoms with van der Waals surface area (Å²) < 4.78 is 29.0. The lowest BCUT2D eigenvalue weighted by Crippen LogP contribution is -2.33. The lowest BCUT2D eigenvalue weighted by Gasteiger charge is -2.16. The first-order valence-electron chi connectivity index (χ1n) is 9.32. The maximum Gasteiger partial charge on any atom is 0.269 e. The number of nitrogens with one attached hydrogen (secondary N) is 1. The summed E-state index contributed by atoms with van der Waals surface area (Å²) in [6.07, 6.45) is 0. The topological polar surface area (TPSA) is 119 Å². The standard InChI is InChI=1S/C21H14ClN3O5S3/c22-14-6-11-18-17(12-14)23-21(31-18)32-19(13-4-2-1-3-5-13)20(26)24-33(29,30)16-9-7-15(8-10-16)25(27)28/h1-12,19H,(H,24,26). The van der Waals surface area contributed by atoms with Gasteiger partial charge in [0.25, 0.3) is 21.6 Å². The van der Waals surface area contributed by atoms with Gasteiger partial charge in [-0.2, -0.15) is 0 Å². The van der Waals surface area contributed by atoms with Crippen molar-refractivity contribution in [3.05, 3.63) is 93.5 Å². The van der Waals surface area contributed by atoms with Gasteiger partial charge in [0.1, 0.15) is 5.25 Å². The number of thioether (sulfide) groups is 1. The van der Waals surface area contributed by atoms with Gasteiger partial charge in [0, 0.05) is 17.2 Å². The molecule has 1 atom stereocenters. The second kappa shape index (κ2) is 9.48. The van der Waals surface area contributed by atoms with Crippen molar-refractivity contribution >= 4 is 66.5 Å². The molecular formula is C21H14ClN3O5S3. The fourth-order valence-electron chi connectivity index (χ4n) is 2.92. The Morgan fingerprint density at radius 3 is 2.45 bits per heavy atom. The lowest BCUT2D eigenvalue weighted by atomic mass is 10.1.